The number of unbranched alkanes of at least 4 members (excludes halogenated alkanes) is 3. The van der Waals surface area contributed by atoms with Gasteiger partial charge in [0, 0.05) is 11.9 Å². The van der Waals surface area contributed by atoms with E-state index in [1.807, 2.05) is 0 Å². The second-order valence-electron chi connectivity index (χ2n) is 6.93. The molecule has 1 aromatic heterocycles. The van der Waals surface area contributed by atoms with Crippen molar-refractivity contribution in [1.29, 1.82) is 0 Å². The molecule has 3 rings (SSSR count). The monoisotopic (exact) mass is 364 g/mol. The zero-order valence-electron chi connectivity index (χ0n) is 16.0. The molecule has 0 N–H and O–H groups in total. The topological polar surface area (TPSA) is 17.3 Å². The Morgan fingerprint density at radius 1 is 0.846 bits per heavy atom. The van der Waals surface area contributed by atoms with E-state index in [4.69, 9.17) is 4.99 Å². The summed E-state index contributed by atoms with van der Waals surface area (Å²) in [5, 5.41) is 2.25. The number of nitrogens with zero attached hydrogens (tertiary/aromatic N) is 2. The highest BCUT2D eigenvalue weighted by atomic mass is 32.1. The van der Waals surface area contributed by atoms with E-state index in [0.29, 0.717) is 0 Å². The van der Waals surface area contributed by atoms with E-state index < -0.39 is 0 Å². The molecule has 0 bridgehead atoms. The number of hydrogen-bond donors (Lipinski definition) is 0. The van der Waals surface area contributed by atoms with Crippen LogP contribution in [0.1, 0.15) is 43.7 Å². The number of benzene rings is 2. The van der Waals surface area contributed by atoms with Gasteiger partial charge < -0.3 is 4.57 Å². The van der Waals surface area contributed by atoms with Crippen molar-refractivity contribution in [3.05, 3.63) is 69.8 Å². The summed E-state index contributed by atoms with van der Waals surface area (Å²) in [5.74, 6) is 0. The van der Waals surface area contributed by atoms with Crippen molar-refractivity contribution in [1.82, 2.24) is 4.57 Å². The maximum atomic E-state index is 4.93. The van der Waals surface area contributed by atoms with Gasteiger partial charge in [-0.15, -0.1) is 11.3 Å². The largest absolute Gasteiger partial charge is 0.316 e. The molecule has 0 amide bonds. The van der Waals surface area contributed by atoms with E-state index >= 15 is 0 Å². The van der Waals surface area contributed by atoms with Gasteiger partial charge in [-0.25, -0.2) is 4.99 Å². The lowest BCUT2D eigenvalue weighted by molar-refractivity contribution is 0.577. The zero-order chi connectivity index (χ0) is 18.4. The average molecular weight is 365 g/mol. The van der Waals surface area contributed by atoms with Crippen LogP contribution in [0, 0.1) is 13.8 Å². The Kier molecular flexibility index (Phi) is 6.45. The van der Waals surface area contributed by atoms with Gasteiger partial charge in [-0.1, -0.05) is 73.7 Å². The van der Waals surface area contributed by atoms with Crippen LogP contribution in [0.15, 0.2) is 58.9 Å². The van der Waals surface area contributed by atoms with Crippen LogP contribution < -0.4 is 4.80 Å². The summed E-state index contributed by atoms with van der Waals surface area (Å²) >= 11 is 1.73. The van der Waals surface area contributed by atoms with E-state index in [9.17, 15) is 0 Å². The number of aromatic nitrogens is 1. The molecule has 1 heterocycles. The quantitative estimate of drug-likeness (QED) is 0.418. The van der Waals surface area contributed by atoms with E-state index in [0.717, 1.165) is 17.0 Å². The molecule has 3 heteroatoms. The molecular formula is C23H28N2S. The summed E-state index contributed by atoms with van der Waals surface area (Å²) in [6, 6.07) is 17.3. The second kappa shape index (κ2) is 9.00. The smallest absolute Gasteiger partial charge is 0.190 e. The van der Waals surface area contributed by atoms with Crippen LogP contribution in [-0.2, 0) is 6.54 Å². The highest BCUT2D eigenvalue weighted by molar-refractivity contribution is 7.07. The Labute approximate surface area is 160 Å². The van der Waals surface area contributed by atoms with Gasteiger partial charge in [0.25, 0.3) is 0 Å². The average Bonchev–Trinajstić information content (AvgIpc) is 3.04. The Morgan fingerprint density at radius 2 is 1.50 bits per heavy atom. The van der Waals surface area contributed by atoms with Gasteiger partial charge in [0.1, 0.15) is 0 Å². The minimum Gasteiger partial charge on any atom is -0.316 e. The summed E-state index contributed by atoms with van der Waals surface area (Å²) in [7, 11) is 0. The molecule has 0 unspecified atom stereocenters. The molecule has 26 heavy (non-hydrogen) atoms. The van der Waals surface area contributed by atoms with Gasteiger partial charge in [0.2, 0.25) is 0 Å². The minimum atomic E-state index is 1.02. The highest BCUT2D eigenvalue weighted by Crippen LogP contribution is 2.22. The lowest BCUT2D eigenvalue weighted by Crippen LogP contribution is -2.16. The number of rotatable bonds is 7. The Morgan fingerprint density at radius 3 is 2.15 bits per heavy atom. The summed E-state index contributed by atoms with van der Waals surface area (Å²) < 4.78 is 2.39. The van der Waals surface area contributed by atoms with E-state index in [2.05, 4.69) is 79.2 Å². The molecule has 0 spiro atoms. The van der Waals surface area contributed by atoms with E-state index in [1.54, 1.807) is 11.3 Å². The molecule has 0 atom stereocenters. The van der Waals surface area contributed by atoms with E-state index in [1.165, 1.54) is 48.1 Å². The Bertz CT molecular complexity index is 883. The molecule has 0 fully saturated rings. The molecule has 0 aliphatic rings. The van der Waals surface area contributed by atoms with Crippen molar-refractivity contribution in [2.75, 3.05) is 0 Å². The van der Waals surface area contributed by atoms with Gasteiger partial charge in [-0.2, -0.15) is 0 Å². The van der Waals surface area contributed by atoms with E-state index in [-0.39, 0.29) is 0 Å². The lowest BCUT2D eigenvalue weighted by atomic mass is 10.1. The summed E-state index contributed by atoms with van der Waals surface area (Å²) in [6.07, 6.45) is 5.04. The third kappa shape index (κ3) is 4.73. The van der Waals surface area contributed by atoms with Crippen LogP contribution in [-0.4, -0.2) is 4.57 Å². The predicted octanol–water partition coefficient (Wildman–Crippen LogP) is 6.65. The van der Waals surface area contributed by atoms with Crippen LogP contribution >= 0.6 is 11.3 Å². The standard InChI is InChI=1S/C23H28N2S/c1-4-5-6-7-16-25-22(20-12-8-18(2)9-13-20)17-26-23(25)24-21-14-10-19(3)11-15-21/h8-15,17H,4-7,16H2,1-3H3. The Hall–Kier alpha value is -2.13. The van der Waals surface area contributed by atoms with Crippen molar-refractivity contribution in [2.24, 2.45) is 4.99 Å². The number of aryl methyl sites for hydroxylation is 2. The molecule has 0 radical (unpaired) electrons. The van der Waals surface area contributed by atoms with Gasteiger partial charge in [-0.05, 0) is 38.0 Å². The molecule has 0 aliphatic heterocycles. The van der Waals surface area contributed by atoms with Crippen LogP contribution in [0.25, 0.3) is 11.3 Å². The van der Waals surface area contributed by atoms with Crippen molar-refractivity contribution in [2.45, 2.75) is 53.0 Å². The molecule has 0 saturated heterocycles. The SMILES string of the molecule is CCCCCCn1c(-c2ccc(C)cc2)csc1=Nc1ccc(C)cc1. The molecule has 2 aromatic carbocycles. The lowest BCUT2D eigenvalue weighted by Gasteiger charge is -2.09. The summed E-state index contributed by atoms with van der Waals surface area (Å²) in [4.78, 5) is 6.01. The van der Waals surface area contributed by atoms with Crippen LogP contribution in [0.5, 0.6) is 0 Å². The predicted molar refractivity (Wildman–Crippen MR) is 113 cm³/mol. The first-order valence-electron chi connectivity index (χ1n) is 9.54. The minimum absolute atomic E-state index is 1.02. The number of hydrogen-bond acceptors (Lipinski definition) is 2. The maximum absolute atomic E-state index is 4.93. The molecule has 136 valence electrons. The fourth-order valence-corrected chi connectivity index (χ4v) is 3.97. The van der Waals surface area contributed by atoms with Gasteiger partial charge >= 0.3 is 0 Å². The van der Waals surface area contributed by atoms with Crippen molar-refractivity contribution < 1.29 is 0 Å². The van der Waals surface area contributed by atoms with Crippen molar-refractivity contribution >= 4 is 17.0 Å². The fraction of sp³-hybridized carbons (Fsp3) is 0.348. The third-order valence-electron chi connectivity index (χ3n) is 4.64. The normalized spacial score (nSPS) is 11.9. The summed E-state index contributed by atoms with van der Waals surface area (Å²) in [6.45, 7) is 7.53. The van der Waals surface area contributed by atoms with Crippen LogP contribution in [0.3, 0.4) is 0 Å². The van der Waals surface area contributed by atoms with Gasteiger partial charge in [0.05, 0.1) is 11.4 Å². The molecular weight excluding hydrogens is 336 g/mol. The second-order valence-corrected chi connectivity index (χ2v) is 7.77. The third-order valence-corrected chi connectivity index (χ3v) is 5.50. The van der Waals surface area contributed by atoms with Crippen molar-refractivity contribution in [3.8, 4) is 11.3 Å². The highest BCUT2D eigenvalue weighted by Gasteiger charge is 2.08. The number of thiazole rings is 1. The van der Waals surface area contributed by atoms with Crippen LogP contribution in [0.2, 0.25) is 0 Å². The summed E-state index contributed by atoms with van der Waals surface area (Å²) in [5.41, 5.74) is 6.13. The van der Waals surface area contributed by atoms with Crippen molar-refractivity contribution in [3.63, 3.8) is 0 Å². The molecule has 2 nitrogen and oxygen atoms in total. The molecule has 0 saturated carbocycles. The Balaban J connectivity index is 1.97. The fourth-order valence-electron chi connectivity index (χ4n) is 3.02. The molecule has 0 aliphatic carbocycles. The first-order chi connectivity index (χ1) is 12.7. The molecule has 3 aromatic rings. The van der Waals surface area contributed by atoms with Gasteiger partial charge in [-0.3, -0.25) is 0 Å². The first-order valence-corrected chi connectivity index (χ1v) is 10.4. The van der Waals surface area contributed by atoms with Gasteiger partial charge in [0.15, 0.2) is 4.80 Å². The first kappa shape index (κ1) is 18.7. The zero-order valence-corrected chi connectivity index (χ0v) is 16.9. The maximum Gasteiger partial charge on any atom is 0.190 e. The van der Waals surface area contributed by atoms with Crippen LogP contribution in [0.4, 0.5) is 5.69 Å².